The van der Waals surface area contributed by atoms with Crippen molar-refractivity contribution in [3.8, 4) is 0 Å². The summed E-state index contributed by atoms with van der Waals surface area (Å²) in [6, 6.07) is 0.906. The Morgan fingerprint density at radius 2 is 2.00 bits per heavy atom. The molecule has 1 atom stereocenters. The van der Waals surface area contributed by atoms with E-state index in [1.54, 1.807) is 0 Å². The number of aromatic nitrogens is 2. The van der Waals surface area contributed by atoms with E-state index in [1.165, 1.54) is 25.7 Å². The molecular weight excluding hydrogens is 324 g/mol. The fraction of sp³-hybridized carbons (Fsp3) is 0.765. The molecule has 2 heterocycles. The maximum absolute atomic E-state index is 6.50. The average Bonchev–Trinajstić information content (AvgIpc) is 3.16. The second-order valence-electron chi connectivity index (χ2n) is 7.10. The largest absolute Gasteiger partial charge is 0.343 e. The number of fused-ring (bicyclic) bond motifs is 1. The Kier molecular flexibility index (Phi) is 5.06. The Balaban J connectivity index is 2.00. The van der Waals surface area contributed by atoms with E-state index in [0.29, 0.717) is 17.4 Å². The minimum atomic E-state index is -0.00128. The number of nitrogens with one attached hydrogen (secondary N) is 1. The predicted molar refractivity (Wildman–Crippen MR) is 100 cm³/mol. The third-order valence-corrected chi connectivity index (χ3v) is 5.55. The van der Waals surface area contributed by atoms with Crippen molar-refractivity contribution in [2.45, 2.75) is 64.7 Å². The van der Waals surface area contributed by atoms with Crippen LogP contribution in [0, 0.1) is 0 Å². The standard InChI is InChI=1S/C17H29ClN6/c1-6-24-15(19-12-9-7-8-10-12)13-14(21-16(24)18)23(5)17(20-13)22(4)11(2)3/h11-12,15,19H,6-10H2,1-5H3. The maximum atomic E-state index is 6.50. The van der Waals surface area contributed by atoms with Gasteiger partial charge in [0.25, 0.3) is 0 Å². The van der Waals surface area contributed by atoms with E-state index in [4.69, 9.17) is 16.6 Å². The molecule has 1 N–H and O–H groups in total. The topological polar surface area (TPSA) is 48.7 Å². The van der Waals surface area contributed by atoms with Crippen LogP contribution in [0.15, 0.2) is 4.99 Å². The third-order valence-electron chi connectivity index (χ3n) is 5.25. The summed E-state index contributed by atoms with van der Waals surface area (Å²) in [5.41, 5.74) is 0.984. The molecule has 0 bridgehead atoms. The van der Waals surface area contributed by atoms with Crippen molar-refractivity contribution < 1.29 is 0 Å². The molecule has 1 aliphatic carbocycles. The zero-order chi connectivity index (χ0) is 17.4. The van der Waals surface area contributed by atoms with Gasteiger partial charge in [-0.05, 0) is 45.2 Å². The van der Waals surface area contributed by atoms with E-state index in [2.05, 4.69) is 47.9 Å². The second-order valence-corrected chi connectivity index (χ2v) is 7.44. The van der Waals surface area contributed by atoms with Gasteiger partial charge < -0.3 is 9.80 Å². The van der Waals surface area contributed by atoms with E-state index in [0.717, 1.165) is 24.0 Å². The van der Waals surface area contributed by atoms with Crippen LogP contribution in [0.3, 0.4) is 0 Å². The molecule has 1 aromatic heterocycles. The van der Waals surface area contributed by atoms with Crippen LogP contribution >= 0.6 is 11.6 Å². The molecule has 6 nitrogen and oxygen atoms in total. The molecular formula is C17H29ClN6. The number of amidine groups is 1. The zero-order valence-corrected chi connectivity index (χ0v) is 16.1. The van der Waals surface area contributed by atoms with Crippen LogP contribution in [0.2, 0.25) is 0 Å². The van der Waals surface area contributed by atoms with E-state index in [9.17, 15) is 0 Å². The van der Waals surface area contributed by atoms with E-state index < -0.39 is 0 Å². The molecule has 0 radical (unpaired) electrons. The SMILES string of the molecule is CCN1C(Cl)=Nc2c(nc(N(C)C(C)C)n2C)C1NC1CCCC1. The van der Waals surface area contributed by atoms with Crippen LogP contribution in [-0.2, 0) is 7.05 Å². The first-order valence-electron chi connectivity index (χ1n) is 9.00. The molecule has 1 unspecified atom stereocenters. The van der Waals surface area contributed by atoms with Gasteiger partial charge in [0.05, 0.1) is 0 Å². The molecule has 24 heavy (non-hydrogen) atoms. The van der Waals surface area contributed by atoms with Gasteiger partial charge in [-0.3, -0.25) is 9.88 Å². The summed E-state index contributed by atoms with van der Waals surface area (Å²) in [6.07, 6.45) is 5.05. The molecule has 2 aliphatic rings. The molecule has 134 valence electrons. The first kappa shape index (κ1) is 17.5. The lowest BCUT2D eigenvalue weighted by atomic mass is 10.2. The predicted octanol–water partition coefficient (Wildman–Crippen LogP) is 3.36. The van der Waals surface area contributed by atoms with Crippen molar-refractivity contribution in [2.75, 3.05) is 18.5 Å². The van der Waals surface area contributed by atoms with Gasteiger partial charge in [-0.25, -0.2) is 4.98 Å². The molecule has 0 spiro atoms. The molecule has 0 aromatic carbocycles. The fourth-order valence-corrected chi connectivity index (χ4v) is 3.86. The van der Waals surface area contributed by atoms with Gasteiger partial charge in [0.2, 0.25) is 11.2 Å². The molecule has 1 saturated carbocycles. The molecule has 1 aliphatic heterocycles. The van der Waals surface area contributed by atoms with Crippen LogP contribution in [-0.4, -0.2) is 45.4 Å². The van der Waals surface area contributed by atoms with Gasteiger partial charge in [0.15, 0.2) is 5.82 Å². The van der Waals surface area contributed by atoms with Crippen molar-refractivity contribution in [2.24, 2.45) is 12.0 Å². The van der Waals surface area contributed by atoms with Gasteiger partial charge >= 0.3 is 0 Å². The molecule has 0 saturated heterocycles. The number of rotatable bonds is 5. The molecule has 1 fully saturated rings. The van der Waals surface area contributed by atoms with Gasteiger partial charge in [0.1, 0.15) is 11.9 Å². The lowest BCUT2D eigenvalue weighted by molar-refractivity contribution is 0.247. The summed E-state index contributed by atoms with van der Waals surface area (Å²) in [5.74, 6) is 1.79. The molecule has 7 heteroatoms. The number of halogens is 1. The summed E-state index contributed by atoms with van der Waals surface area (Å²) in [7, 11) is 4.09. The van der Waals surface area contributed by atoms with Crippen molar-refractivity contribution in [1.29, 1.82) is 0 Å². The van der Waals surface area contributed by atoms with Crippen molar-refractivity contribution >= 4 is 28.7 Å². The highest BCUT2D eigenvalue weighted by Gasteiger charge is 2.35. The molecule has 1 aromatic rings. The first-order chi connectivity index (χ1) is 11.4. The normalized spacial score (nSPS) is 21.4. The van der Waals surface area contributed by atoms with Crippen molar-refractivity contribution in [1.82, 2.24) is 19.8 Å². The number of nitrogens with zero attached hydrogens (tertiary/aromatic N) is 5. The third kappa shape index (κ3) is 3.02. The van der Waals surface area contributed by atoms with Crippen LogP contribution in [0.25, 0.3) is 0 Å². The lowest BCUT2D eigenvalue weighted by Crippen LogP contribution is -2.45. The van der Waals surface area contributed by atoms with Crippen molar-refractivity contribution in [3.05, 3.63) is 5.69 Å². The summed E-state index contributed by atoms with van der Waals surface area (Å²) >= 11 is 6.50. The quantitative estimate of drug-likeness (QED) is 0.825. The minimum absolute atomic E-state index is 0.00128. The Hall–Kier alpha value is -1.27. The fourth-order valence-electron chi connectivity index (χ4n) is 3.56. The van der Waals surface area contributed by atoms with Gasteiger partial charge in [-0.2, -0.15) is 4.99 Å². The summed E-state index contributed by atoms with van der Waals surface area (Å²) in [4.78, 5) is 13.9. The second kappa shape index (κ2) is 6.92. The summed E-state index contributed by atoms with van der Waals surface area (Å²) in [5, 5.41) is 4.32. The Labute approximate surface area is 149 Å². The van der Waals surface area contributed by atoms with E-state index in [-0.39, 0.29) is 6.17 Å². The Morgan fingerprint density at radius 1 is 1.33 bits per heavy atom. The summed E-state index contributed by atoms with van der Waals surface area (Å²) < 4.78 is 2.05. The first-order valence-corrected chi connectivity index (χ1v) is 9.38. The Bertz CT molecular complexity index is 617. The maximum Gasteiger partial charge on any atom is 0.207 e. The number of hydrogen-bond donors (Lipinski definition) is 1. The lowest BCUT2D eigenvalue weighted by Gasteiger charge is -2.35. The van der Waals surface area contributed by atoms with Crippen LogP contribution < -0.4 is 10.2 Å². The van der Waals surface area contributed by atoms with Gasteiger partial charge in [-0.1, -0.05) is 12.8 Å². The molecule has 3 rings (SSSR count). The number of aliphatic imine (C=N–C) groups is 1. The zero-order valence-electron chi connectivity index (χ0n) is 15.4. The van der Waals surface area contributed by atoms with Gasteiger partial charge in [0, 0.05) is 32.7 Å². The molecule has 0 amide bonds. The van der Waals surface area contributed by atoms with E-state index in [1.807, 2.05) is 11.6 Å². The number of imidazole rings is 1. The van der Waals surface area contributed by atoms with Crippen LogP contribution in [0.5, 0.6) is 0 Å². The minimum Gasteiger partial charge on any atom is -0.343 e. The highest BCUT2D eigenvalue weighted by molar-refractivity contribution is 6.65. The summed E-state index contributed by atoms with van der Waals surface area (Å²) in [6.45, 7) is 7.24. The number of hydrogen-bond acceptors (Lipinski definition) is 5. The Morgan fingerprint density at radius 3 is 2.58 bits per heavy atom. The smallest absolute Gasteiger partial charge is 0.207 e. The van der Waals surface area contributed by atoms with Crippen LogP contribution in [0.1, 0.15) is 58.3 Å². The number of anilines is 1. The highest BCUT2D eigenvalue weighted by atomic mass is 35.5. The van der Waals surface area contributed by atoms with Crippen molar-refractivity contribution in [3.63, 3.8) is 0 Å². The highest BCUT2D eigenvalue weighted by Crippen LogP contribution is 2.37. The van der Waals surface area contributed by atoms with E-state index >= 15 is 0 Å². The van der Waals surface area contributed by atoms with Gasteiger partial charge in [-0.15, -0.1) is 0 Å². The average molecular weight is 353 g/mol. The monoisotopic (exact) mass is 352 g/mol. The van der Waals surface area contributed by atoms with Crippen LogP contribution in [0.4, 0.5) is 11.8 Å².